The van der Waals surface area contributed by atoms with Crippen molar-refractivity contribution in [1.82, 2.24) is 4.98 Å². The second kappa shape index (κ2) is 7.22. The Morgan fingerprint density at radius 3 is 2.89 bits per heavy atom. The van der Waals surface area contributed by atoms with E-state index in [4.69, 9.17) is 4.74 Å². The summed E-state index contributed by atoms with van der Waals surface area (Å²) in [6, 6.07) is 3.06. The van der Waals surface area contributed by atoms with Crippen LogP contribution in [0.5, 0.6) is 0 Å². The van der Waals surface area contributed by atoms with Gasteiger partial charge in [0, 0.05) is 18.5 Å². The maximum absolute atomic E-state index is 11.9. The molecule has 0 saturated carbocycles. The lowest BCUT2D eigenvalue weighted by Crippen LogP contribution is -2.14. The number of alkyl halides is 3. The van der Waals surface area contributed by atoms with Gasteiger partial charge in [-0.1, -0.05) is 0 Å². The summed E-state index contributed by atoms with van der Waals surface area (Å²) in [5.74, 6) is -0.493. The molecule has 0 aliphatic rings. The van der Waals surface area contributed by atoms with Crippen LogP contribution in [0.15, 0.2) is 18.3 Å². The lowest BCUT2D eigenvalue weighted by Gasteiger charge is -2.10. The van der Waals surface area contributed by atoms with Gasteiger partial charge < -0.3 is 10.1 Å². The highest BCUT2D eigenvalue weighted by Gasteiger charge is 2.27. The molecule has 8 heteroatoms. The highest BCUT2D eigenvalue weighted by atomic mass is 32.2. The van der Waals surface area contributed by atoms with E-state index in [9.17, 15) is 18.0 Å². The van der Waals surface area contributed by atoms with Gasteiger partial charge in [0.15, 0.2) is 0 Å². The van der Waals surface area contributed by atoms with E-state index < -0.39 is 11.5 Å². The molecule has 4 nitrogen and oxygen atoms in total. The summed E-state index contributed by atoms with van der Waals surface area (Å²) in [7, 11) is 0. The van der Waals surface area contributed by atoms with Crippen LogP contribution < -0.4 is 5.32 Å². The Kier molecular flexibility index (Phi) is 5.94. The molecule has 1 rings (SSSR count). The summed E-state index contributed by atoms with van der Waals surface area (Å²) in [6.45, 7) is 1.94. The zero-order chi connectivity index (χ0) is 14.3. The van der Waals surface area contributed by atoms with Crippen LogP contribution >= 0.6 is 11.8 Å². The fourth-order valence-corrected chi connectivity index (χ4v) is 1.69. The molecule has 1 N–H and O–H groups in total. The number of nitrogens with zero attached hydrogens (tertiary/aromatic N) is 1. The Morgan fingerprint density at radius 2 is 2.26 bits per heavy atom. The van der Waals surface area contributed by atoms with E-state index >= 15 is 0 Å². The van der Waals surface area contributed by atoms with Crippen molar-refractivity contribution in [2.45, 2.75) is 12.4 Å². The number of rotatable bonds is 6. The molecular formula is C11H13F3N2O2S. The van der Waals surface area contributed by atoms with Crippen molar-refractivity contribution in [2.24, 2.45) is 0 Å². The smallest absolute Gasteiger partial charge is 0.441 e. The lowest BCUT2D eigenvalue weighted by atomic mass is 10.2. The molecule has 19 heavy (non-hydrogen) atoms. The molecule has 0 aromatic carbocycles. The van der Waals surface area contributed by atoms with E-state index in [2.05, 4.69) is 10.3 Å². The minimum atomic E-state index is -4.25. The zero-order valence-corrected chi connectivity index (χ0v) is 11.0. The number of pyridine rings is 1. The molecule has 106 valence electrons. The first-order chi connectivity index (χ1) is 8.94. The van der Waals surface area contributed by atoms with E-state index in [1.807, 2.05) is 0 Å². The second-order valence-corrected chi connectivity index (χ2v) is 4.50. The molecule has 0 fully saturated rings. The summed E-state index contributed by atoms with van der Waals surface area (Å²) >= 11 is -0.129. The Balaban J connectivity index is 2.56. The van der Waals surface area contributed by atoms with Gasteiger partial charge in [0.05, 0.1) is 6.61 Å². The quantitative estimate of drug-likeness (QED) is 0.646. The molecule has 0 spiro atoms. The molecule has 0 saturated heterocycles. The number of hydrogen-bond donors (Lipinski definition) is 1. The third kappa shape index (κ3) is 5.82. The normalized spacial score (nSPS) is 11.2. The van der Waals surface area contributed by atoms with Crippen LogP contribution in [0.3, 0.4) is 0 Å². The molecule has 1 aromatic heterocycles. The SMILES string of the molecule is CCOC(=O)c1cccnc1NCCSC(F)(F)F. The fourth-order valence-electron chi connectivity index (χ4n) is 1.26. The molecule has 0 radical (unpaired) electrons. The number of anilines is 1. The van der Waals surface area contributed by atoms with Crippen LogP contribution in [0.2, 0.25) is 0 Å². The third-order valence-electron chi connectivity index (χ3n) is 1.96. The van der Waals surface area contributed by atoms with Gasteiger partial charge in [-0.25, -0.2) is 9.78 Å². The van der Waals surface area contributed by atoms with Crippen LogP contribution in [0.4, 0.5) is 19.0 Å². The van der Waals surface area contributed by atoms with E-state index in [1.165, 1.54) is 12.3 Å². The van der Waals surface area contributed by atoms with Crippen molar-refractivity contribution in [2.75, 3.05) is 24.2 Å². The summed E-state index contributed by atoms with van der Waals surface area (Å²) in [5.41, 5.74) is -4.04. The largest absolute Gasteiger partial charge is 0.462 e. The molecule has 1 aromatic rings. The van der Waals surface area contributed by atoms with E-state index in [0.717, 1.165) is 0 Å². The summed E-state index contributed by atoms with van der Waals surface area (Å²) in [6.07, 6.45) is 1.45. The maximum atomic E-state index is 11.9. The van der Waals surface area contributed by atoms with Crippen LogP contribution in [-0.4, -0.2) is 35.4 Å². The molecule has 0 aliphatic heterocycles. The molecule has 0 bridgehead atoms. The number of aromatic nitrogens is 1. The third-order valence-corrected chi connectivity index (χ3v) is 2.70. The molecule has 0 aliphatic carbocycles. The first kappa shape index (κ1) is 15.6. The molecule has 0 unspecified atom stereocenters. The zero-order valence-electron chi connectivity index (χ0n) is 10.2. The van der Waals surface area contributed by atoms with Crippen LogP contribution in [0.1, 0.15) is 17.3 Å². The number of carbonyl (C=O) groups is 1. The standard InChI is InChI=1S/C11H13F3N2O2S/c1-2-18-10(17)8-4-3-5-15-9(8)16-6-7-19-11(12,13)14/h3-5H,2,6-7H2,1H3,(H,15,16). The summed E-state index contributed by atoms with van der Waals surface area (Å²) in [5, 5.41) is 2.69. The predicted octanol–water partition coefficient (Wildman–Crippen LogP) is 2.92. The van der Waals surface area contributed by atoms with Crippen molar-refractivity contribution < 1.29 is 22.7 Å². The van der Waals surface area contributed by atoms with Gasteiger partial charge >= 0.3 is 11.5 Å². The minimum absolute atomic E-state index is 0.0492. The number of esters is 1. The van der Waals surface area contributed by atoms with E-state index in [1.54, 1.807) is 13.0 Å². The first-order valence-corrected chi connectivity index (χ1v) is 6.49. The Labute approximate surface area is 112 Å². The first-order valence-electron chi connectivity index (χ1n) is 5.50. The fraction of sp³-hybridized carbons (Fsp3) is 0.455. The maximum Gasteiger partial charge on any atom is 0.441 e. The summed E-state index contributed by atoms with van der Waals surface area (Å²) < 4.78 is 40.6. The van der Waals surface area contributed by atoms with Crippen LogP contribution in [-0.2, 0) is 4.74 Å². The number of hydrogen-bond acceptors (Lipinski definition) is 5. The molecular weight excluding hydrogens is 281 g/mol. The van der Waals surface area contributed by atoms with E-state index in [0.29, 0.717) is 0 Å². The molecule has 0 atom stereocenters. The van der Waals surface area contributed by atoms with Crippen LogP contribution in [0, 0.1) is 0 Å². The van der Waals surface area contributed by atoms with Gasteiger partial charge in [-0.15, -0.1) is 0 Å². The van der Waals surface area contributed by atoms with Crippen molar-refractivity contribution in [1.29, 1.82) is 0 Å². The Hall–Kier alpha value is -1.44. The highest BCUT2D eigenvalue weighted by molar-refractivity contribution is 8.00. The van der Waals surface area contributed by atoms with Gasteiger partial charge in [-0.2, -0.15) is 13.2 Å². The van der Waals surface area contributed by atoms with Gasteiger partial charge in [-0.3, -0.25) is 0 Å². The van der Waals surface area contributed by atoms with Gasteiger partial charge in [-0.05, 0) is 30.8 Å². The van der Waals surface area contributed by atoms with Crippen molar-refractivity contribution in [3.63, 3.8) is 0 Å². The predicted molar refractivity (Wildman–Crippen MR) is 67.2 cm³/mol. The van der Waals surface area contributed by atoms with E-state index in [-0.39, 0.29) is 42.0 Å². The minimum Gasteiger partial charge on any atom is -0.462 e. The van der Waals surface area contributed by atoms with Crippen LogP contribution in [0.25, 0.3) is 0 Å². The summed E-state index contributed by atoms with van der Waals surface area (Å²) in [4.78, 5) is 15.5. The Bertz CT molecular complexity index is 427. The lowest BCUT2D eigenvalue weighted by molar-refractivity contribution is -0.0327. The highest BCUT2D eigenvalue weighted by Crippen LogP contribution is 2.29. The second-order valence-electron chi connectivity index (χ2n) is 3.34. The number of thioether (sulfide) groups is 1. The van der Waals surface area contributed by atoms with Crippen molar-refractivity contribution >= 4 is 23.5 Å². The Morgan fingerprint density at radius 1 is 1.53 bits per heavy atom. The molecule has 0 amide bonds. The topological polar surface area (TPSA) is 51.2 Å². The monoisotopic (exact) mass is 294 g/mol. The number of ether oxygens (including phenoxy) is 1. The van der Waals surface area contributed by atoms with Gasteiger partial charge in [0.1, 0.15) is 11.4 Å². The van der Waals surface area contributed by atoms with Gasteiger partial charge in [0.25, 0.3) is 0 Å². The number of carbonyl (C=O) groups excluding carboxylic acids is 1. The van der Waals surface area contributed by atoms with Crippen molar-refractivity contribution in [3.05, 3.63) is 23.9 Å². The molecule has 1 heterocycles. The van der Waals surface area contributed by atoms with Gasteiger partial charge in [0.2, 0.25) is 0 Å². The average molecular weight is 294 g/mol. The van der Waals surface area contributed by atoms with Crippen molar-refractivity contribution in [3.8, 4) is 0 Å². The average Bonchev–Trinajstić information content (AvgIpc) is 2.34. The number of nitrogens with one attached hydrogen (secondary N) is 1. The number of halogens is 3.